The van der Waals surface area contributed by atoms with Crippen molar-refractivity contribution in [3.63, 3.8) is 0 Å². The minimum atomic E-state index is -0.428. The average molecular weight is 404 g/mol. The first kappa shape index (κ1) is 21.8. The van der Waals surface area contributed by atoms with Gasteiger partial charge in [0.25, 0.3) is 0 Å². The minimum absolute atomic E-state index is 0.0756. The van der Waals surface area contributed by atoms with E-state index < -0.39 is 6.10 Å². The quantitative estimate of drug-likeness (QED) is 0.481. The van der Waals surface area contributed by atoms with Gasteiger partial charge in [-0.25, -0.2) is 4.98 Å². The molecule has 0 unspecified atom stereocenters. The molecule has 0 bridgehead atoms. The molecular formula is C26H29NO3. The van der Waals surface area contributed by atoms with E-state index >= 15 is 0 Å². The van der Waals surface area contributed by atoms with Crippen molar-refractivity contribution in [3.05, 3.63) is 65.2 Å². The zero-order valence-corrected chi connectivity index (χ0v) is 17.9. The average Bonchev–Trinajstić information content (AvgIpc) is 2.77. The Morgan fingerprint density at radius 2 is 1.80 bits per heavy atom. The Kier molecular flexibility index (Phi) is 7.11. The Bertz CT molecular complexity index is 1060. The van der Waals surface area contributed by atoms with Crippen LogP contribution in [0.5, 0.6) is 0 Å². The Labute approximate surface area is 178 Å². The Hall–Kier alpha value is -2.85. The number of rotatable bonds is 9. The van der Waals surface area contributed by atoms with Gasteiger partial charge in [-0.2, -0.15) is 0 Å². The number of Topliss-reactive ketones (excluding diaryl/α,β-unsaturated/α-hetero) is 2. The van der Waals surface area contributed by atoms with Crippen LogP contribution >= 0.6 is 0 Å². The number of hydrogen-bond donors (Lipinski definition) is 1. The highest BCUT2D eigenvalue weighted by Crippen LogP contribution is 2.31. The fraction of sp³-hybridized carbons (Fsp3) is 0.346. The van der Waals surface area contributed by atoms with Gasteiger partial charge in [-0.15, -0.1) is 0 Å². The molecule has 0 fully saturated rings. The van der Waals surface area contributed by atoms with Crippen LogP contribution < -0.4 is 0 Å². The SMILES string of the molecule is CCC(=O)c1c(C)c(-c2ccccc2)nc2ccc(CC(=O)CC[C@H](O)CC)cc12. The molecule has 0 aliphatic carbocycles. The third kappa shape index (κ3) is 4.82. The normalized spacial score (nSPS) is 12.1. The summed E-state index contributed by atoms with van der Waals surface area (Å²) in [5, 5.41) is 10.5. The third-order valence-corrected chi connectivity index (χ3v) is 5.57. The molecule has 0 saturated heterocycles. The van der Waals surface area contributed by atoms with E-state index in [1.165, 1.54) is 0 Å². The molecule has 1 aromatic heterocycles. The van der Waals surface area contributed by atoms with E-state index in [0.717, 1.165) is 33.3 Å². The molecule has 2 aromatic carbocycles. The van der Waals surface area contributed by atoms with Crippen molar-refractivity contribution in [1.82, 2.24) is 4.98 Å². The zero-order valence-electron chi connectivity index (χ0n) is 17.9. The summed E-state index contributed by atoms with van der Waals surface area (Å²) in [5.74, 6) is 0.169. The number of pyridine rings is 1. The van der Waals surface area contributed by atoms with Gasteiger partial charge in [0, 0.05) is 35.8 Å². The van der Waals surface area contributed by atoms with Crippen LogP contribution in [0.15, 0.2) is 48.5 Å². The fourth-order valence-electron chi connectivity index (χ4n) is 3.78. The van der Waals surface area contributed by atoms with Gasteiger partial charge >= 0.3 is 0 Å². The summed E-state index contributed by atoms with van der Waals surface area (Å²) in [6.45, 7) is 5.72. The maximum atomic E-state index is 12.9. The molecule has 1 N–H and O–H groups in total. The Balaban J connectivity index is 2.02. The Morgan fingerprint density at radius 1 is 1.07 bits per heavy atom. The van der Waals surface area contributed by atoms with E-state index in [-0.39, 0.29) is 11.6 Å². The first-order chi connectivity index (χ1) is 14.4. The second kappa shape index (κ2) is 9.77. The molecule has 4 nitrogen and oxygen atoms in total. The number of fused-ring (bicyclic) bond motifs is 1. The lowest BCUT2D eigenvalue weighted by atomic mass is 9.92. The van der Waals surface area contributed by atoms with E-state index in [0.29, 0.717) is 37.7 Å². The molecule has 0 aliphatic heterocycles. The smallest absolute Gasteiger partial charge is 0.163 e. The van der Waals surface area contributed by atoms with Crippen LogP contribution in [0, 0.1) is 6.92 Å². The highest BCUT2D eigenvalue weighted by molar-refractivity contribution is 6.10. The molecule has 0 radical (unpaired) electrons. The summed E-state index contributed by atoms with van der Waals surface area (Å²) in [4.78, 5) is 30.1. The van der Waals surface area contributed by atoms with Crippen LogP contribution in [0.4, 0.5) is 0 Å². The number of nitrogens with zero attached hydrogens (tertiary/aromatic N) is 1. The molecule has 156 valence electrons. The van der Waals surface area contributed by atoms with E-state index in [9.17, 15) is 14.7 Å². The summed E-state index contributed by atoms with van der Waals surface area (Å²) >= 11 is 0. The summed E-state index contributed by atoms with van der Waals surface area (Å²) in [5.41, 5.74) is 4.99. The second-order valence-electron chi connectivity index (χ2n) is 7.77. The molecule has 0 aliphatic rings. The van der Waals surface area contributed by atoms with Crippen LogP contribution in [-0.4, -0.2) is 27.8 Å². The van der Waals surface area contributed by atoms with E-state index in [1.807, 2.05) is 69.3 Å². The van der Waals surface area contributed by atoms with Gasteiger partial charge in [0.15, 0.2) is 5.78 Å². The lowest BCUT2D eigenvalue weighted by molar-refractivity contribution is -0.119. The predicted molar refractivity (Wildman–Crippen MR) is 121 cm³/mol. The van der Waals surface area contributed by atoms with Gasteiger partial charge in [0.1, 0.15) is 5.78 Å². The topological polar surface area (TPSA) is 67.3 Å². The number of aromatic nitrogens is 1. The van der Waals surface area contributed by atoms with Crippen LogP contribution in [0.1, 0.15) is 61.0 Å². The molecule has 4 heteroatoms. The van der Waals surface area contributed by atoms with Crippen LogP contribution in [-0.2, 0) is 11.2 Å². The molecule has 0 saturated carbocycles. The molecule has 1 heterocycles. The largest absolute Gasteiger partial charge is 0.393 e. The van der Waals surface area contributed by atoms with Gasteiger partial charge in [-0.05, 0) is 43.0 Å². The van der Waals surface area contributed by atoms with Crippen molar-refractivity contribution in [3.8, 4) is 11.3 Å². The summed E-state index contributed by atoms with van der Waals surface area (Å²) < 4.78 is 0. The number of benzene rings is 2. The molecule has 3 rings (SSSR count). The summed E-state index contributed by atoms with van der Waals surface area (Å²) in [6, 6.07) is 15.6. The second-order valence-corrected chi connectivity index (χ2v) is 7.77. The first-order valence-corrected chi connectivity index (χ1v) is 10.7. The number of aliphatic hydroxyl groups is 1. The van der Waals surface area contributed by atoms with Crippen molar-refractivity contribution in [2.45, 2.75) is 59.0 Å². The number of carbonyl (C=O) groups excluding carboxylic acids is 2. The monoisotopic (exact) mass is 403 g/mol. The lowest BCUT2D eigenvalue weighted by Crippen LogP contribution is -2.10. The molecule has 3 aromatic rings. The van der Waals surface area contributed by atoms with Gasteiger partial charge in [0.2, 0.25) is 0 Å². The number of aliphatic hydroxyl groups excluding tert-OH is 1. The van der Waals surface area contributed by atoms with Crippen molar-refractivity contribution in [2.24, 2.45) is 0 Å². The van der Waals surface area contributed by atoms with Crippen molar-refractivity contribution in [2.75, 3.05) is 0 Å². The third-order valence-electron chi connectivity index (χ3n) is 5.57. The fourth-order valence-corrected chi connectivity index (χ4v) is 3.78. The van der Waals surface area contributed by atoms with Crippen molar-refractivity contribution in [1.29, 1.82) is 0 Å². The number of hydrogen-bond acceptors (Lipinski definition) is 4. The maximum Gasteiger partial charge on any atom is 0.163 e. The Morgan fingerprint density at radius 3 is 2.47 bits per heavy atom. The molecule has 0 spiro atoms. The minimum Gasteiger partial charge on any atom is -0.393 e. The highest BCUT2D eigenvalue weighted by Gasteiger charge is 2.18. The van der Waals surface area contributed by atoms with Crippen LogP contribution in [0.2, 0.25) is 0 Å². The first-order valence-electron chi connectivity index (χ1n) is 10.7. The van der Waals surface area contributed by atoms with Crippen molar-refractivity contribution >= 4 is 22.5 Å². The molecule has 30 heavy (non-hydrogen) atoms. The highest BCUT2D eigenvalue weighted by atomic mass is 16.3. The standard InChI is InChI=1S/C26H29NO3/c1-4-20(28)12-13-21(29)15-18-11-14-23-22(16-18)25(24(30)5-2)17(3)26(27-23)19-9-7-6-8-10-19/h6-11,14,16,20,28H,4-5,12-13,15H2,1-3H3/t20-/m1/s1. The van der Waals surface area contributed by atoms with Crippen LogP contribution in [0.3, 0.4) is 0 Å². The van der Waals surface area contributed by atoms with Crippen LogP contribution in [0.25, 0.3) is 22.2 Å². The summed E-state index contributed by atoms with van der Waals surface area (Å²) in [7, 11) is 0. The zero-order chi connectivity index (χ0) is 21.7. The molecule has 0 amide bonds. The van der Waals surface area contributed by atoms with Gasteiger partial charge < -0.3 is 5.11 Å². The van der Waals surface area contributed by atoms with Gasteiger partial charge in [-0.3, -0.25) is 9.59 Å². The van der Waals surface area contributed by atoms with Gasteiger partial charge in [0.05, 0.1) is 17.3 Å². The number of carbonyl (C=O) groups is 2. The maximum absolute atomic E-state index is 12.9. The van der Waals surface area contributed by atoms with E-state index in [4.69, 9.17) is 4.98 Å². The van der Waals surface area contributed by atoms with E-state index in [2.05, 4.69) is 0 Å². The summed E-state index contributed by atoms with van der Waals surface area (Å²) in [6.07, 6.45) is 1.78. The van der Waals surface area contributed by atoms with Gasteiger partial charge in [-0.1, -0.05) is 50.2 Å². The lowest BCUT2D eigenvalue weighted by Gasteiger charge is -2.15. The van der Waals surface area contributed by atoms with E-state index in [1.54, 1.807) is 0 Å². The number of ketones is 2. The molecule has 1 atom stereocenters. The van der Waals surface area contributed by atoms with Crippen molar-refractivity contribution < 1.29 is 14.7 Å². The molecular weight excluding hydrogens is 374 g/mol. The predicted octanol–water partition coefficient (Wildman–Crippen LogP) is 5.47.